The molecular weight excluding hydrogens is 210 g/mol. The van der Waals surface area contributed by atoms with Crippen LogP contribution in [0.5, 0.6) is 0 Å². The minimum absolute atomic E-state index is 0.619. The Hall–Kier alpha value is -0.120. The molecule has 0 radical (unpaired) electrons. The number of rotatable bonds is 6. The van der Waals surface area contributed by atoms with Gasteiger partial charge in [0.1, 0.15) is 0 Å². The zero-order valence-electron chi connectivity index (χ0n) is 12.4. The molecule has 1 heterocycles. The number of hydrogen-bond donors (Lipinski definition) is 1. The molecule has 0 aromatic carbocycles. The molecule has 1 fully saturated rings. The van der Waals surface area contributed by atoms with Crippen molar-refractivity contribution in [2.24, 2.45) is 5.92 Å². The number of piperidine rings is 1. The lowest BCUT2D eigenvalue weighted by molar-refractivity contribution is 0.165. The van der Waals surface area contributed by atoms with Gasteiger partial charge in [0.2, 0.25) is 0 Å². The van der Waals surface area contributed by atoms with Crippen LogP contribution in [0.3, 0.4) is 0 Å². The summed E-state index contributed by atoms with van der Waals surface area (Å²) in [6.07, 6.45) is 2.72. The van der Waals surface area contributed by atoms with E-state index in [0.29, 0.717) is 12.1 Å². The van der Waals surface area contributed by atoms with Gasteiger partial charge in [-0.2, -0.15) is 0 Å². The Bertz CT molecular complexity index is 198. The maximum absolute atomic E-state index is 3.71. The van der Waals surface area contributed by atoms with Crippen LogP contribution in [0, 0.1) is 5.92 Å². The first-order chi connectivity index (χ1) is 8.04. The number of likely N-dealkylation sites (tertiary alicyclic amines) is 1. The molecule has 0 aromatic rings. The Balaban J connectivity index is 2.22. The van der Waals surface area contributed by atoms with Crippen molar-refractivity contribution in [1.82, 2.24) is 15.1 Å². The summed E-state index contributed by atoms with van der Waals surface area (Å²) in [4.78, 5) is 4.84. The third-order valence-electron chi connectivity index (χ3n) is 4.40. The summed E-state index contributed by atoms with van der Waals surface area (Å²) in [5.74, 6) is 0.868. The summed E-state index contributed by atoms with van der Waals surface area (Å²) in [6.45, 7) is 11.8. The van der Waals surface area contributed by atoms with Crippen molar-refractivity contribution >= 4 is 0 Å². The van der Waals surface area contributed by atoms with Crippen molar-refractivity contribution < 1.29 is 0 Å². The van der Waals surface area contributed by atoms with Crippen molar-refractivity contribution in [2.75, 3.05) is 40.3 Å². The third kappa shape index (κ3) is 4.94. The third-order valence-corrected chi connectivity index (χ3v) is 4.40. The van der Waals surface area contributed by atoms with Crippen molar-refractivity contribution in [3.05, 3.63) is 0 Å². The molecule has 0 amide bonds. The van der Waals surface area contributed by atoms with Crippen LogP contribution in [0.4, 0.5) is 0 Å². The molecule has 0 bridgehead atoms. The van der Waals surface area contributed by atoms with Crippen LogP contribution in [0.2, 0.25) is 0 Å². The fourth-order valence-corrected chi connectivity index (χ4v) is 2.47. The second-order valence-corrected chi connectivity index (χ2v) is 5.78. The molecule has 0 saturated carbocycles. The Morgan fingerprint density at radius 3 is 2.29 bits per heavy atom. The zero-order valence-corrected chi connectivity index (χ0v) is 12.4. The van der Waals surface area contributed by atoms with E-state index in [2.05, 4.69) is 50.0 Å². The van der Waals surface area contributed by atoms with Gasteiger partial charge in [0.25, 0.3) is 0 Å². The molecule has 0 aromatic heterocycles. The number of nitrogens with one attached hydrogen (secondary N) is 1. The molecule has 0 aliphatic carbocycles. The SMILES string of the molecule is CCN1CCC(C(C)NCC(C)N(C)C)CC1. The fourth-order valence-electron chi connectivity index (χ4n) is 2.47. The molecule has 0 spiro atoms. The summed E-state index contributed by atoms with van der Waals surface area (Å²) >= 11 is 0. The van der Waals surface area contributed by atoms with E-state index in [0.717, 1.165) is 12.5 Å². The minimum Gasteiger partial charge on any atom is -0.312 e. The van der Waals surface area contributed by atoms with Gasteiger partial charge in [0.15, 0.2) is 0 Å². The molecule has 1 aliphatic heterocycles. The van der Waals surface area contributed by atoms with E-state index in [1.807, 2.05) is 0 Å². The Morgan fingerprint density at radius 2 is 1.82 bits per heavy atom. The molecule has 2 atom stereocenters. The van der Waals surface area contributed by atoms with Crippen LogP contribution < -0.4 is 5.32 Å². The Kier molecular flexibility index (Phi) is 6.45. The van der Waals surface area contributed by atoms with Gasteiger partial charge >= 0.3 is 0 Å². The molecule has 3 nitrogen and oxygen atoms in total. The van der Waals surface area contributed by atoms with Gasteiger partial charge in [-0.25, -0.2) is 0 Å². The maximum Gasteiger partial charge on any atom is 0.0186 e. The van der Waals surface area contributed by atoms with Crippen molar-refractivity contribution in [3.8, 4) is 0 Å². The van der Waals surface area contributed by atoms with Crippen LogP contribution in [0.1, 0.15) is 33.6 Å². The first-order valence-electron chi connectivity index (χ1n) is 7.16. The molecule has 102 valence electrons. The summed E-state index contributed by atoms with van der Waals surface area (Å²) in [5, 5.41) is 3.71. The molecule has 2 unspecified atom stereocenters. The summed E-state index contributed by atoms with van der Waals surface area (Å²) < 4.78 is 0. The lowest BCUT2D eigenvalue weighted by atomic mass is 9.90. The van der Waals surface area contributed by atoms with Gasteiger partial charge in [-0.1, -0.05) is 6.92 Å². The molecule has 1 N–H and O–H groups in total. The van der Waals surface area contributed by atoms with Gasteiger partial charge in [-0.3, -0.25) is 0 Å². The van der Waals surface area contributed by atoms with Crippen LogP contribution >= 0.6 is 0 Å². The van der Waals surface area contributed by atoms with Crippen molar-refractivity contribution in [3.63, 3.8) is 0 Å². The summed E-state index contributed by atoms with van der Waals surface area (Å²) in [7, 11) is 4.30. The van der Waals surface area contributed by atoms with E-state index in [4.69, 9.17) is 0 Å². The number of nitrogens with zero attached hydrogens (tertiary/aromatic N) is 2. The lowest BCUT2D eigenvalue weighted by Gasteiger charge is -2.35. The van der Waals surface area contributed by atoms with Gasteiger partial charge < -0.3 is 15.1 Å². The summed E-state index contributed by atoms with van der Waals surface area (Å²) in [6, 6.07) is 1.28. The van der Waals surface area contributed by atoms with Crippen LogP contribution in [0.15, 0.2) is 0 Å². The molecule has 17 heavy (non-hydrogen) atoms. The first-order valence-corrected chi connectivity index (χ1v) is 7.16. The van der Waals surface area contributed by atoms with Crippen LogP contribution in [-0.2, 0) is 0 Å². The Labute approximate surface area is 108 Å². The lowest BCUT2D eigenvalue weighted by Crippen LogP contribution is -2.45. The maximum atomic E-state index is 3.71. The molecule has 1 saturated heterocycles. The predicted molar refractivity (Wildman–Crippen MR) is 75.5 cm³/mol. The Morgan fingerprint density at radius 1 is 1.24 bits per heavy atom. The second kappa shape index (κ2) is 7.34. The van der Waals surface area contributed by atoms with Gasteiger partial charge in [0.05, 0.1) is 0 Å². The highest BCUT2D eigenvalue weighted by Crippen LogP contribution is 2.20. The predicted octanol–water partition coefficient (Wildman–Crippen LogP) is 1.65. The number of likely N-dealkylation sites (N-methyl/N-ethyl adjacent to an activating group) is 1. The normalized spacial score (nSPS) is 22.9. The van der Waals surface area contributed by atoms with E-state index >= 15 is 0 Å². The average Bonchev–Trinajstić information content (AvgIpc) is 2.35. The highest BCUT2D eigenvalue weighted by Gasteiger charge is 2.23. The standard InChI is InChI=1S/C14H31N3/c1-6-17-9-7-14(8-10-17)13(3)15-11-12(2)16(4)5/h12-15H,6-11H2,1-5H3. The quantitative estimate of drug-likeness (QED) is 0.763. The van der Waals surface area contributed by atoms with Gasteiger partial charge in [-0.05, 0) is 66.3 Å². The zero-order chi connectivity index (χ0) is 12.8. The number of hydrogen-bond acceptors (Lipinski definition) is 3. The van der Waals surface area contributed by atoms with Crippen molar-refractivity contribution in [1.29, 1.82) is 0 Å². The van der Waals surface area contributed by atoms with Gasteiger partial charge in [-0.15, -0.1) is 0 Å². The minimum atomic E-state index is 0.619. The van der Waals surface area contributed by atoms with Crippen molar-refractivity contribution in [2.45, 2.75) is 45.7 Å². The highest BCUT2D eigenvalue weighted by atomic mass is 15.1. The fraction of sp³-hybridized carbons (Fsp3) is 1.00. The van der Waals surface area contributed by atoms with E-state index in [-0.39, 0.29) is 0 Å². The van der Waals surface area contributed by atoms with E-state index in [1.54, 1.807) is 0 Å². The molecular formula is C14H31N3. The molecule has 1 aliphatic rings. The van der Waals surface area contributed by atoms with E-state index in [9.17, 15) is 0 Å². The van der Waals surface area contributed by atoms with Crippen LogP contribution in [0.25, 0.3) is 0 Å². The monoisotopic (exact) mass is 241 g/mol. The molecule has 3 heteroatoms. The van der Waals surface area contributed by atoms with E-state index < -0.39 is 0 Å². The van der Waals surface area contributed by atoms with E-state index in [1.165, 1.54) is 32.5 Å². The topological polar surface area (TPSA) is 18.5 Å². The summed E-state index contributed by atoms with van der Waals surface area (Å²) in [5.41, 5.74) is 0. The van der Waals surface area contributed by atoms with Crippen LogP contribution in [-0.4, -0.2) is 62.2 Å². The first kappa shape index (κ1) is 14.9. The second-order valence-electron chi connectivity index (χ2n) is 5.78. The smallest absolute Gasteiger partial charge is 0.0186 e. The molecule has 1 rings (SSSR count). The average molecular weight is 241 g/mol. The van der Waals surface area contributed by atoms with Gasteiger partial charge in [0, 0.05) is 18.6 Å². The largest absolute Gasteiger partial charge is 0.312 e. The highest BCUT2D eigenvalue weighted by molar-refractivity contribution is 4.80.